The molecule has 0 saturated carbocycles. The maximum atomic E-state index is 10.3. The largest absolute Gasteiger partial charge is 0.461 e. The Morgan fingerprint density at radius 2 is 2.22 bits per heavy atom. The molecule has 4 nitrogen and oxygen atoms in total. The summed E-state index contributed by atoms with van der Waals surface area (Å²) < 4.78 is 7.65. The van der Waals surface area contributed by atoms with Crippen molar-refractivity contribution in [2.75, 3.05) is 0 Å². The Bertz CT molecular complexity index is 682. The van der Waals surface area contributed by atoms with Gasteiger partial charge in [0.15, 0.2) is 0 Å². The van der Waals surface area contributed by atoms with Gasteiger partial charge < -0.3 is 13.6 Å². The summed E-state index contributed by atoms with van der Waals surface area (Å²) in [6.45, 7) is 0. The van der Waals surface area contributed by atoms with Gasteiger partial charge in [0.2, 0.25) is 0 Å². The normalized spacial score (nSPS) is 10.9. The van der Waals surface area contributed by atoms with Crippen LogP contribution in [0, 0.1) is 0 Å². The number of carbonyl (C=O) groups is 1. The predicted octanol–water partition coefficient (Wildman–Crippen LogP) is 2.73. The average Bonchev–Trinajstić information content (AvgIpc) is 3.04. The monoisotopic (exact) mass is 240 g/mol. The van der Waals surface area contributed by atoms with Crippen molar-refractivity contribution in [2.45, 2.75) is 12.8 Å². The molecule has 4 heteroatoms. The van der Waals surface area contributed by atoms with E-state index in [1.807, 2.05) is 41.1 Å². The molecule has 0 aliphatic carbocycles. The van der Waals surface area contributed by atoms with Crippen LogP contribution in [0.2, 0.25) is 0 Å². The van der Waals surface area contributed by atoms with Gasteiger partial charge in [0, 0.05) is 37.0 Å². The van der Waals surface area contributed by atoms with Crippen LogP contribution in [-0.2, 0) is 11.2 Å². The van der Waals surface area contributed by atoms with Gasteiger partial charge in [0.1, 0.15) is 23.5 Å². The first-order chi connectivity index (χ1) is 8.86. The van der Waals surface area contributed by atoms with E-state index in [0.29, 0.717) is 12.8 Å². The molecule has 3 aromatic rings. The Hall–Kier alpha value is -2.36. The minimum Gasteiger partial charge on any atom is -0.461 e. The van der Waals surface area contributed by atoms with Crippen molar-refractivity contribution in [2.24, 2.45) is 0 Å². The fourth-order valence-corrected chi connectivity index (χ4v) is 1.93. The van der Waals surface area contributed by atoms with E-state index >= 15 is 0 Å². The number of pyridine rings is 1. The lowest BCUT2D eigenvalue weighted by Crippen LogP contribution is -1.84. The van der Waals surface area contributed by atoms with Crippen LogP contribution in [0.1, 0.15) is 12.2 Å². The molecule has 0 unspecified atom stereocenters. The lowest BCUT2D eigenvalue weighted by Gasteiger charge is -1.99. The van der Waals surface area contributed by atoms with E-state index in [1.54, 1.807) is 6.20 Å². The van der Waals surface area contributed by atoms with Crippen LogP contribution < -0.4 is 0 Å². The number of hydrogen-bond acceptors (Lipinski definition) is 3. The Kier molecular flexibility index (Phi) is 2.68. The average molecular weight is 240 g/mol. The second kappa shape index (κ2) is 4.49. The number of nitrogens with zero attached hydrogens (tertiary/aromatic N) is 2. The number of fused-ring (bicyclic) bond motifs is 1. The Labute approximate surface area is 104 Å². The molecule has 0 amide bonds. The van der Waals surface area contributed by atoms with Crippen LogP contribution in [0.4, 0.5) is 0 Å². The van der Waals surface area contributed by atoms with Crippen molar-refractivity contribution in [3.8, 4) is 11.3 Å². The summed E-state index contributed by atoms with van der Waals surface area (Å²) in [7, 11) is 0. The third-order valence-electron chi connectivity index (χ3n) is 2.84. The molecule has 0 bridgehead atoms. The first-order valence-corrected chi connectivity index (χ1v) is 5.82. The van der Waals surface area contributed by atoms with E-state index in [9.17, 15) is 4.79 Å². The predicted molar refractivity (Wildman–Crippen MR) is 67.3 cm³/mol. The summed E-state index contributed by atoms with van der Waals surface area (Å²) in [6.07, 6.45) is 7.68. The summed E-state index contributed by atoms with van der Waals surface area (Å²) in [6, 6.07) is 7.77. The summed E-state index contributed by atoms with van der Waals surface area (Å²) in [4.78, 5) is 14.5. The molecule has 0 fully saturated rings. The van der Waals surface area contributed by atoms with Gasteiger partial charge in [-0.05, 0) is 24.3 Å². The van der Waals surface area contributed by atoms with Crippen LogP contribution in [0.5, 0.6) is 0 Å². The quantitative estimate of drug-likeness (QED) is 0.659. The van der Waals surface area contributed by atoms with Crippen LogP contribution in [-0.4, -0.2) is 15.7 Å². The van der Waals surface area contributed by atoms with Crippen molar-refractivity contribution in [1.29, 1.82) is 0 Å². The molecule has 0 atom stereocenters. The van der Waals surface area contributed by atoms with E-state index in [-0.39, 0.29) is 0 Å². The summed E-state index contributed by atoms with van der Waals surface area (Å²) in [5.41, 5.74) is 1.91. The van der Waals surface area contributed by atoms with Gasteiger partial charge in [0.25, 0.3) is 0 Å². The van der Waals surface area contributed by atoms with Gasteiger partial charge in [-0.25, -0.2) is 4.98 Å². The number of aryl methyl sites for hydroxylation is 1. The lowest BCUT2D eigenvalue weighted by atomic mass is 10.2. The summed E-state index contributed by atoms with van der Waals surface area (Å²) >= 11 is 0. The molecule has 18 heavy (non-hydrogen) atoms. The molecular weight excluding hydrogens is 228 g/mol. The number of hydrogen-bond donors (Lipinski definition) is 0. The number of furan rings is 1. The zero-order valence-electron chi connectivity index (χ0n) is 9.74. The van der Waals surface area contributed by atoms with Crippen LogP contribution in [0.3, 0.4) is 0 Å². The van der Waals surface area contributed by atoms with Gasteiger partial charge in [-0.15, -0.1) is 0 Å². The van der Waals surface area contributed by atoms with E-state index in [4.69, 9.17) is 4.42 Å². The topological polar surface area (TPSA) is 47.5 Å². The highest BCUT2D eigenvalue weighted by atomic mass is 16.3. The van der Waals surface area contributed by atoms with Crippen LogP contribution >= 0.6 is 0 Å². The lowest BCUT2D eigenvalue weighted by molar-refractivity contribution is -0.107. The van der Waals surface area contributed by atoms with Crippen LogP contribution in [0.25, 0.3) is 17.0 Å². The van der Waals surface area contributed by atoms with Crippen molar-refractivity contribution in [3.05, 3.63) is 48.6 Å². The maximum Gasteiger partial charge on any atom is 0.136 e. The van der Waals surface area contributed by atoms with Gasteiger partial charge in [-0.3, -0.25) is 0 Å². The van der Waals surface area contributed by atoms with Crippen molar-refractivity contribution in [1.82, 2.24) is 9.38 Å². The summed E-state index contributed by atoms with van der Waals surface area (Å²) in [5.74, 6) is 1.65. The second-order valence-electron chi connectivity index (χ2n) is 4.08. The Morgan fingerprint density at radius 3 is 3.11 bits per heavy atom. The molecule has 3 aromatic heterocycles. The zero-order valence-corrected chi connectivity index (χ0v) is 9.74. The highest BCUT2D eigenvalue weighted by molar-refractivity contribution is 5.59. The third kappa shape index (κ3) is 1.93. The minimum absolute atomic E-state index is 0.494. The number of aldehydes is 1. The first-order valence-electron chi connectivity index (χ1n) is 5.82. The molecule has 90 valence electrons. The summed E-state index contributed by atoms with van der Waals surface area (Å²) in [5, 5.41) is 0. The molecule has 3 heterocycles. The van der Waals surface area contributed by atoms with Gasteiger partial charge in [-0.1, -0.05) is 0 Å². The van der Waals surface area contributed by atoms with E-state index < -0.39 is 0 Å². The standard InChI is InChI=1S/C14H12N2O2/c17-9-1-2-12-4-5-13(18-12)11-3-6-14-15-7-8-16(14)10-11/h3-10H,1-2H2. The number of imidazole rings is 1. The molecule has 0 aliphatic heterocycles. The molecule has 0 saturated heterocycles. The van der Waals surface area contributed by atoms with Gasteiger partial charge in [0.05, 0.1) is 0 Å². The molecule has 0 N–H and O–H groups in total. The third-order valence-corrected chi connectivity index (χ3v) is 2.84. The fraction of sp³-hybridized carbons (Fsp3) is 0.143. The van der Waals surface area contributed by atoms with Gasteiger partial charge >= 0.3 is 0 Å². The van der Waals surface area contributed by atoms with Crippen molar-refractivity contribution >= 4 is 11.9 Å². The van der Waals surface area contributed by atoms with Crippen molar-refractivity contribution in [3.63, 3.8) is 0 Å². The minimum atomic E-state index is 0.494. The number of carbonyl (C=O) groups excluding carboxylic acids is 1. The first kappa shape index (κ1) is 10.8. The van der Waals surface area contributed by atoms with Crippen molar-refractivity contribution < 1.29 is 9.21 Å². The van der Waals surface area contributed by atoms with E-state index in [2.05, 4.69) is 4.98 Å². The molecular formula is C14H12N2O2. The molecule has 0 aromatic carbocycles. The van der Waals surface area contributed by atoms with Gasteiger partial charge in [-0.2, -0.15) is 0 Å². The highest BCUT2D eigenvalue weighted by Gasteiger charge is 2.05. The van der Waals surface area contributed by atoms with Crippen LogP contribution in [0.15, 0.2) is 47.3 Å². The Morgan fingerprint density at radius 1 is 1.28 bits per heavy atom. The molecule has 0 radical (unpaired) electrons. The zero-order chi connectivity index (χ0) is 12.4. The van der Waals surface area contributed by atoms with E-state index in [0.717, 1.165) is 29.0 Å². The second-order valence-corrected chi connectivity index (χ2v) is 4.08. The smallest absolute Gasteiger partial charge is 0.136 e. The highest BCUT2D eigenvalue weighted by Crippen LogP contribution is 2.23. The fourth-order valence-electron chi connectivity index (χ4n) is 1.93. The Balaban J connectivity index is 1.92. The van der Waals surface area contributed by atoms with E-state index in [1.165, 1.54) is 0 Å². The number of rotatable bonds is 4. The molecule has 0 aliphatic rings. The molecule has 0 spiro atoms. The maximum absolute atomic E-state index is 10.3. The number of aromatic nitrogens is 2. The molecule has 3 rings (SSSR count). The SMILES string of the molecule is O=CCCc1ccc(-c2ccc3nccn3c2)o1.